The van der Waals surface area contributed by atoms with E-state index in [-0.39, 0.29) is 0 Å². The van der Waals surface area contributed by atoms with Crippen molar-refractivity contribution in [3.8, 4) is 0 Å². The Bertz CT molecular complexity index is 208. The third-order valence-corrected chi connectivity index (χ3v) is 3.13. The van der Waals surface area contributed by atoms with Gasteiger partial charge in [-0.05, 0) is 47.2 Å². The summed E-state index contributed by atoms with van der Waals surface area (Å²) in [6.45, 7) is 1.96. The summed E-state index contributed by atoms with van der Waals surface area (Å²) in [5, 5.41) is 1.45. The first-order valence-corrected chi connectivity index (χ1v) is 4.56. The number of hydrogen-bond donors (Lipinski definition) is 0. The van der Waals surface area contributed by atoms with E-state index < -0.39 is 0 Å². The molecule has 1 aromatic carbocycles. The van der Waals surface area contributed by atoms with Crippen LogP contribution >= 0.6 is 45.8 Å². The molecule has 10 heavy (non-hydrogen) atoms. The molecule has 3 heteroatoms. The molecule has 54 valence electrons. The van der Waals surface area contributed by atoms with Crippen molar-refractivity contribution in [1.29, 1.82) is 0 Å². The number of benzene rings is 1. The number of rotatable bonds is 0. The fourth-order valence-electron chi connectivity index (χ4n) is 0.622. The van der Waals surface area contributed by atoms with E-state index in [4.69, 9.17) is 23.2 Å². The van der Waals surface area contributed by atoms with Gasteiger partial charge in [-0.3, -0.25) is 0 Å². The molecule has 0 radical (unpaired) electrons. The van der Waals surface area contributed by atoms with Crippen LogP contribution in [0.15, 0.2) is 12.1 Å². The molecule has 0 aliphatic rings. The van der Waals surface area contributed by atoms with E-state index in [1.165, 1.54) is 0 Å². The molecule has 0 spiro atoms. The summed E-state index contributed by atoms with van der Waals surface area (Å²) in [6.07, 6.45) is 0. The van der Waals surface area contributed by atoms with Gasteiger partial charge < -0.3 is 0 Å². The fourth-order valence-corrected chi connectivity index (χ4v) is 1.63. The second kappa shape index (κ2) is 3.28. The molecule has 0 heterocycles. The predicted octanol–water partition coefficient (Wildman–Crippen LogP) is 3.91. The van der Waals surface area contributed by atoms with Crippen molar-refractivity contribution in [2.75, 3.05) is 0 Å². The molecular formula is C7H5Cl2I. The minimum absolute atomic E-state index is 0.719. The van der Waals surface area contributed by atoms with Gasteiger partial charge in [-0.15, -0.1) is 0 Å². The highest BCUT2D eigenvalue weighted by Gasteiger charge is 2.00. The van der Waals surface area contributed by atoms with E-state index in [0.29, 0.717) is 0 Å². The highest BCUT2D eigenvalue weighted by molar-refractivity contribution is 14.1. The average Bonchev–Trinajstić information content (AvgIpc) is 1.84. The standard InChI is InChI=1S/C7H5Cl2I/c1-4-2-7(10)6(9)3-5(4)8/h2-3H,1H3. The van der Waals surface area contributed by atoms with Gasteiger partial charge in [-0.1, -0.05) is 23.2 Å². The molecule has 0 aliphatic carbocycles. The topological polar surface area (TPSA) is 0 Å². The smallest absolute Gasteiger partial charge is 0.0554 e. The lowest BCUT2D eigenvalue weighted by atomic mass is 10.2. The van der Waals surface area contributed by atoms with Gasteiger partial charge >= 0.3 is 0 Å². The molecular weight excluding hydrogens is 282 g/mol. The maximum atomic E-state index is 5.80. The van der Waals surface area contributed by atoms with Crippen molar-refractivity contribution in [2.45, 2.75) is 6.92 Å². The summed E-state index contributed by atoms with van der Waals surface area (Å²) >= 11 is 13.8. The van der Waals surface area contributed by atoms with Crippen LogP contribution in [0.25, 0.3) is 0 Å². The zero-order valence-corrected chi connectivity index (χ0v) is 8.96. The van der Waals surface area contributed by atoms with Gasteiger partial charge in [0.25, 0.3) is 0 Å². The highest BCUT2D eigenvalue weighted by Crippen LogP contribution is 2.25. The van der Waals surface area contributed by atoms with Crippen LogP contribution in [0.5, 0.6) is 0 Å². The van der Waals surface area contributed by atoms with Crippen LogP contribution in [0, 0.1) is 10.5 Å². The zero-order chi connectivity index (χ0) is 7.72. The summed E-state index contributed by atoms with van der Waals surface area (Å²) in [7, 11) is 0. The maximum Gasteiger partial charge on any atom is 0.0554 e. The first kappa shape index (κ1) is 8.62. The number of hydrogen-bond acceptors (Lipinski definition) is 0. The Morgan fingerprint density at radius 2 is 1.80 bits per heavy atom. The van der Waals surface area contributed by atoms with Gasteiger partial charge in [0.1, 0.15) is 0 Å². The molecule has 0 unspecified atom stereocenters. The summed E-state index contributed by atoms with van der Waals surface area (Å²) in [5.74, 6) is 0. The molecule has 1 aromatic rings. The van der Waals surface area contributed by atoms with E-state index in [2.05, 4.69) is 22.6 Å². The molecule has 0 saturated carbocycles. The quantitative estimate of drug-likeness (QED) is 0.501. The molecule has 0 fully saturated rings. The first-order chi connectivity index (χ1) is 4.61. The van der Waals surface area contributed by atoms with E-state index in [1.54, 1.807) is 6.07 Å². The molecule has 0 nitrogen and oxygen atoms in total. The Morgan fingerprint density at radius 1 is 1.20 bits per heavy atom. The summed E-state index contributed by atoms with van der Waals surface area (Å²) in [5.41, 5.74) is 1.07. The highest BCUT2D eigenvalue weighted by atomic mass is 127. The lowest BCUT2D eigenvalue weighted by molar-refractivity contribution is 1.45. The van der Waals surface area contributed by atoms with Gasteiger partial charge in [0.05, 0.1) is 5.02 Å². The van der Waals surface area contributed by atoms with Crippen LogP contribution in [-0.2, 0) is 0 Å². The van der Waals surface area contributed by atoms with Crippen molar-refractivity contribution in [3.63, 3.8) is 0 Å². The van der Waals surface area contributed by atoms with Gasteiger partial charge in [0.2, 0.25) is 0 Å². The van der Waals surface area contributed by atoms with Crippen LogP contribution < -0.4 is 0 Å². The third kappa shape index (κ3) is 1.77. The Balaban J connectivity index is 3.28. The largest absolute Gasteiger partial charge is 0.0840 e. The summed E-state index contributed by atoms with van der Waals surface area (Å²) in [4.78, 5) is 0. The molecule has 1 rings (SSSR count). The maximum absolute atomic E-state index is 5.80. The molecule has 0 bridgehead atoms. The normalized spacial score (nSPS) is 10.0. The lowest BCUT2D eigenvalue weighted by Crippen LogP contribution is -1.78. The third-order valence-electron chi connectivity index (χ3n) is 1.20. The van der Waals surface area contributed by atoms with Gasteiger partial charge in [0.15, 0.2) is 0 Å². The van der Waals surface area contributed by atoms with Crippen molar-refractivity contribution >= 4 is 45.8 Å². The number of aryl methyl sites for hydroxylation is 1. The Morgan fingerprint density at radius 3 is 2.30 bits per heavy atom. The van der Waals surface area contributed by atoms with E-state index in [9.17, 15) is 0 Å². The summed E-state index contributed by atoms with van der Waals surface area (Å²) < 4.78 is 1.04. The predicted molar refractivity (Wildman–Crippen MR) is 53.9 cm³/mol. The number of halogens is 3. The Hall–Kier alpha value is 0.530. The van der Waals surface area contributed by atoms with E-state index >= 15 is 0 Å². The second-order valence-corrected chi connectivity index (χ2v) is 3.99. The minimum atomic E-state index is 0.719. The van der Waals surface area contributed by atoms with Crippen molar-refractivity contribution in [3.05, 3.63) is 31.3 Å². The van der Waals surface area contributed by atoms with Crippen LogP contribution in [0.2, 0.25) is 10.0 Å². The Kier molecular flexibility index (Phi) is 2.83. The van der Waals surface area contributed by atoms with E-state index in [0.717, 1.165) is 19.2 Å². The fraction of sp³-hybridized carbons (Fsp3) is 0.143. The van der Waals surface area contributed by atoms with Crippen molar-refractivity contribution < 1.29 is 0 Å². The average molecular weight is 287 g/mol. The van der Waals surface area contributed by atoms with Crippen LogP contribution in [0.4, 0.5) is 0 Å². The minimum Gasteiger partial charge on any atom is -0.0840 e. The zero-order valence-electron chi connectivity index (χ0n) is 5.29. The molecule has 0 aromatic heterocycles. The van der Waals surface area contributed by atoms with Crippen molar-refractivity contribution in [1.82, 2.24) is 0 Å². The molecule has 0 atom stereocenters. The van der Waals surface area contributed by atoms with Crippen LogP contribution in [0.1, 0.15) is 5.56 Å². The van der Waals surface area contributed by atoms with Gasteiger partial charge in [-0.25, -0.2) is 0 Å². The summed E-state index contributed by atoms with van der Waals surface area (Å²) in [6, 6.07) is 3.73. The second-order valence-electron chi connectivity index (χ2n) is 2.02. The first-order valence-electron chi connectivity index (χ1n) is 2.72. The molecule has 0 aliphatic heterocycles. The Labute approximate surface area is 83.7 Å². The van der Waals surface area contributed by atoms with Gasteiger partial charge in [0, 0.05) is 8.59 Å². The van der Waals surface area contributed by atoms with Crippen LogP contribution in [-0.4, -0.2) is 0 Å². The SMILES string of the molecule is Cc1cc(I)c(Cl)cc1Cl. The molecule has 0 N–H and O–H groups in total. The molecule has 0 amide bonds. The van der Waals surface area contributed by atoms with E-state index in [1.807, 2.05) is 13.0 Å². The van der Waals surface area contributed by atoms with Crippen LogP contribution in [0.3, 0.4) is 0 Å². The van der Waals surface area contributed by atoms with Gasteiger partial charge in [-0.2, -0.15) is 0 Å². The van der Waals surface area contributed by atoms with Crippen molar-refractivity contribution in [2.24, 2.45) is 0 Å². The lowest BCUT2D eigenvalue weighted by Gasteiger charge is -1.99. The molecule has 0 saturated heterocycles. The monoisotopic (exact) mass is 286 g/mol.